The molecule has 0 radical (unpaired) electrons. The molecule has 0 fully saturated rings. The summed E-state index contributed by atoms with van der Waals surface area (Å²) < 4.78 is 32.0. The van der Waals surface area contributed by atoms with Crippen molar-refractivity contribution in [3.63, 3.8) is 0 Å². The molecule has 1 aromatic carbocycles. The number of aryl methyl sites for hydroxylation is 1. The lowest BCUT2D eigenvalue weighted by atomic mass is 10.2. The van der Waals surface area contributed by atoms with E-state index in [0.29, 0.717) is 17.7 Å². The molecule has 1 atom stereocenters. The van der Waals surface area contributed by atoms with E-state index in [4.69, 9.17) is 4.42 Å². The molecule has 0 amide bonds. The number of hydrogen-bond donors (Lipinski definition) is 1. The lowest BCUT2D eigenvalue weighted by Gasteiger charge is -2.13. The summed E-state index contributed by atoms with van der Waals surface area (Å²) in [6.07, 6.45) is 3.03. The third-order valence-electron chi connectivity index (χ3n) is 2.81. The average molecular weight is 279 g/mol. The van der Waals surface area contributed by atoms with Crippen LogP contribution in [0.1, 0.15) is 19.1 Å². The Morgan fingerprint density at radius 2 is 1.89 bits per heavy atom. The lowest BCUT2D eigenvalue weighted by molar-refractivity contribution is 0.480. The van der Waals surface area contributed by atoms with Crippen molar-refractivity contribution in [1.29, 1.82) is 0 Å². The molecule has 0 spiro atoms. The summed E-state index contributed by atoms with van der Waals surface area (Å²) in [4.78, 5) is 0.292. The second kappa shape index (κ2) is 6.04. The molecule has 19 heavy (non-hydrogen) atoms. The quantitative estimate of drug-likeness (QED) is 0.884. The van der Waals surface area contributed by atoms with Crippen molar-refractivity contribution in [2.45, 2.75) is 30.7 Å². The predicted molar refractivity (Wildman–Crippen MR) is 73.3 cm³/mol. The minimum Gasteiger partial charge on any atom is -0.469 e. The standard InChI is InChI=1S/C14H17NO3S/c1-12(9-10-13-6-5-11-18-13)15-19(16,17)14-7-3-2-4-8-14/h2-8,11-12,15H,9-10H2,1H3. The van der Waals surface area contributed by atoms with Crippen molar-refractivity contribution in [1.82, 2.24) is 4.72 Å². The first-order valence-electron chi connectivity index (χ1n) is 6.18. The third-order valence-corrected chi connectivity index (χ3v) is 4.42. The molecule has 0 aliphatic rings. The summed E-state index contributed by atoms with van der Waals surface area (Å²) in [5.74, 6) is 0.866. The molecule has 0 bridgehead atoms. The number of nitrogens with one attached hydrogen (secondary N) is 1. The van der Waals surface area contributed by atoms with Crippen molar-refractivity contribution in [2.24, 2.45) is 0 Å². The highest BCUT2D eigenvalue weighted by Gasteiger charge is 2.16. The maximum atomic E-state index is 12.1. The van der Waals surface area contributed by atoms with Gasteiger partial charge in [0.15, 0.2) is 0 Å². The van der Waals surface area contributed by atoms with Gasteiger partial charge in [-0.15, -0.1) is 0 Å². The summed E-state index contributed by atoms with van der Waals surface area (Å²) in [6, 6.07) is 12.0. The van der Waals surface area contributed by atoms with Gasteiger partial charge in [-0.2, -0.15) is 0 Å². The molecule has 2 rings (SSSR count). The Morgan fingerprint density at radius 1 is 1.16 bits per heavy atom. The zero-order valence-electron chi connectivity index (χ0n) is 10.7. The summed E-state index contributed by atoms with van der Waals surface area (Å²) in [5.41, 5.74) is 0. The molecule has 0 aliphatic heterocycles. The van der Waals surface area contributed by atoms with Gasteiger partial charge in [-0.3, -0.25) is 0 Å². The van der Waals surface area contributed by atoms with Gasteiger partial charge < -0.3 is 4.42 Å². The largest absolute Gasteiger partial charge is 0.469 e. The number of rotatable bonds is 6. The minimum atomic E-state index is -3.43. The molecule has 0 aliphatic carbocycles. The van der Waals surface area contributed by atoms with E-state index in [-0.39, 0.29) is 6.04 Å². The number of sulfonamides is 1. The van der Waals surface area contributed by atoms with Crippen molar-refractivity contribution in [3.05, 3.63) is 54.5 Å². The Bertz CT molecular complexity index is 591. The van der Waals surface area contributed by atoms with Crippen LogP contribution < -0.4 is 4.72 Å². The van der Waals surface area contributed by atoms with E-state index >= 15 is 0 Å². The van der Waals surface area contributed by atoms with Crippen LogP contribution in [0.4, 0.5) is 0 Å². The Morgan fingerprint density at radius 3 is 2.53 bits per heavy atom. The number of furan rings is 1. The zero-order chi connectivity index (χ0) is 13.7. The predicted octanol–water partition coefficient (Wildman–Crippen LogP) is 2.58. The summed E-state index contributed by atoms with van der Waals surface area (Å²) in [5, 5.41) is 0. The smallest absolute Gasteiger partial charge is 0.240 e. The Hall–Kier alpha value is -1.59. The molecular weight excluding hydrogens is 262 g/mol. The Balaban J connectivity index is 1.93. The van der Waals surface area contributed by atoms with Gasteiger partial charge in [0.25, 0.3) is 0 Å². The van der Waals surface area contributed by atoms with Crippen LogP contribution >= 0.6 is 0 Å². The highest BCUT2D eigenvalue weighted by molar-refractivity contribution is 7.89. The van der Waals surface area contributed by atoms with E-state index < -0.39 is 10.0 Å². The molecule has 1 N–H and O–H groups in total. The van der Waals surface area contributed by atoms with Crippen molar-refractivity contribution in [3.8, 4) is 0 Å². The van der Waals surface area contributed by atoms with E-state index in [0.717, 1.165) is 5.76 Å². The van der Waals surface area contributed by atoms with Crippen LogP contribution in [-0.4, -0.2) is 14.5 Å². The Kier molecular flexibility index (Phi) is 4.39. The number of benzene rings is 1. The van der Waals surface area contributed by atoms with Gasteiger partial charge in [-0.05, 0) is 37.6 Å². The molecule has 5 heteroatoms. The molecule has 0 saturated heterocycles. The van der Waals surface area contributed by atoms with Crippen molar-refractivity contribution >= 4 is 10.0 Å². The summed E-state index contributed by atoms with van der Waals surface area (Å²) in [6.45, 7) is 1.85. The first kappa shape index (κ1) is 13.8. The van der Waals surface area contributed by atoms with Gasteiger partial charge in [0.1, 0.15) is 5.76 Å². The van der Waals surface area contributed by atoms with Crippen LogP contribution in [0, 0.1) is 0 Å². The fraction of sp³-hybridized carbons (Fsp3) is 0.286. The topological polar surface area (TPSA) is 59.3 Å². The summed E-state index contributed by atoms with van der Waals surface area (Å²) >= 11 is 0. The van der Waals surface area contributed by atoms with Gasteiger partial charge >= 0.3 is 0 Å². The van der Waals surface area contributed by atoms with Crippen molar-refractivity contribution in [2.75, 3.05) is 0 Å². The van der Waals surface area contributed by atoms with E-state index in [1.165, 1.54) is 0 Å². The van der Waals surface area contributed by atoms with Crippen LogP contribution in [0.15, 0.2) is 58.0 Å². The molecule has 2 aromatic rings. The maximum absolute atomic E-state index is 12.1. The van der Waals surface area contributed by atoms with Gasteiger partial charge in [0, 0.05) is 12.5 Å². The van der Waals surface area contributed by atoms with Gasteiger partial charge in [-0.1, -0.05) is 18.2 Å². The molecular formula is C14H17NO3S. The SMILES string of the molecule is CC(CCc1ccco1)NS(=O)(=O)c1ccccc1. The number of hydrogen-bond acceptors (Lipinski definition) is 3. The average Bonchev–Trinajstić information content (AvgIpc) is 2.90. The van der Waals surface area contributed by atoms with Crippen LogP contribution in [0.5, 0.6) is 0 Å². The molecule has 102 valence electrons. The van der Waals surface area contributed by atoms with Gasteiger partial charge in [0.05, 0.1) is 11.2 Å². The second-order valence-electron chi connectivity index (χ2n) is 4.45. The molecule has 4 nitrogen and oxygen atoms in total. The fourth-order valence-electron chi connectivity index (χ4n) is 1.81. The highest BCUT2D eigenvalue weighted by atomic mass is 32.2. The van der Waals surface area contributed by atoms with Gasteiger partial charge in [0.2, 0.25) is 10.0 Å². The van der Waals surface area contributed by atoms with Crippen LogP contribution in [0.2, 0.25) is 0 Å². The molecule has 1 unspecified atom stereocenters. The minimum absolute atomic E-state index is 0.143. The van der Waals surface area contributed by atoms with E-state index in [2.05, 4.69) is 4.72 Å². The van der Waals surface area contributed by atoms with Crippen LogP contribution in [0.25, 0.3) is 0 Å². The second-order valence-corrected chi connectivity index (χ2v) is 6.17. The molecule has 1 aromatic heterocycles. The summed E-state index contributed by atoms with van der Waals surface area (Å²) in [7, 11) is -3.43. The highest BCUT2D eigenvalue weighted by Crippen LogP contribution is 2.11. The first-order valence-corrected chi connectivity index (χ1v) is 7.66. The van der Waals surface area contributed by atoms with E-state index in [1.54, 1.807) is 36.6 Å². The molecule has 0 saturated carbocycles. The zero-order valence-corrected chi connectivity index (χ0v) is 11.6. The fourth-order valence-corrected chi connectivity index (χ4v) is 3.10. The Labute approximate surface area is 113 Å². The monoisotopic (exact) mass is 279 g/mol. The van der Waals surface area contributed by atoms with Crippen LogP contribution in [-0.2, 0) is 16.4 Å². The lowest BCUT2D eigenvalue weighted by Crippen LogP contribution is -2.32. The van der Waals surface area contributed by atoms with Crippen molar-refractivity contribution < 1.29 is 12.8 Å². The van der Waals surface area contributed by atoms with E-state index in [1.807, 2.05) is 19.1 Å². The normalized spacial score (nSPS) is 13.3. The van der Waals surface area contributed by atoms with Gasteiger partial charge in [-0.25, -0.2) is 13.1 Å². The third kappa shape index (κ3) is 3.94. The maximum Gasteiger partial charge on any atom is 0.240 e. The van der Waals surface area contributed by atoms with Crippen LogP contribution in [0.3, 0.4) is 0 Å². The first-order chi connectivity index (χ1) is 9.08. The molecule has 1 heterocycles. The van der Waals surface area contributed by atoms with E-state index in [9.17, 15) is 8.42 Å².